The number of alkyl halides is 43. The molecule has 0 saturated carbocycles. The van der Waals surface area contributed by atoms with E-state index >= 15 is 0 Å². The van der Waals surface area contributed by atoms with Crippen molar-refractivity contribution >= 4 is 510 Å². The molecule has 0 bridgehead atoms. The lowest BCUT2D eigenvalue weighted by Crippen LogP contribution is -2.76. The highest BCUT2D eigenvalue weighted by Crippen LogP contribution is 2.80. The Morgan fingerprint density at radius 3 is 0.412 bits per heavy atom. The first-order valence-electron chi connectivity index (χ1n) is 13.8. The Labute approximate surface area is 603 Å². The van der Waals surface area contributed by atoms with Crippen LogP contribution in [0, 0.1) is 0 Å². The zero-order chi connectivity index (χ0) is 56.8. The summed E-state index contributed by atoms with van der Waals surface area (Å²) < 4.78 is -51.7. The highest BCUT2D eigenvalue weighted by Gasteiger charge is 2.89. The predicted molar refractivity (Wildman–Crippen MR) is 321 cm³/mol. The first-order valence-corrected chi connectivity index (χ1v) is 31.1. The van der Waals surface area contributed by atoms with Crippen molar-refractivity contribution in [1.82, 2.24) is 0 Å². The van der Waals surface area contributed by atoms with Gasteiger partial charge in [-0.3, -0.25) is 4.55 Å². The standard InChI is InChI=1S/C21HCl43O3S/c22-1(23,2(24,25)4(28,29)6(32,33)8(36,37)10(40,41)12(44,45)14(48,49)16(52,53)18(56,57)20(60,61)62)3(26,27)5(30,31)7(34,35)9(38,39)11(42,43)13(46,47)15(50,51)17(54,55)19(58,59)21(63,64)67-68(65)66/h(H,65,66). The number of hydrogen-bond donors (Lipinski definition) is 1. The normalized spacial score (nSPS) is 17.8. The van der Waals surface area contributed by atoms with Gasteiger partial charge in [0.25, 0.3) is 4.52 Å². The number of rotatable bonds is 21. The van der Waals surface area contributed by atoms with E-state index in [0.717, 1.165) is 0 Å². The average molecular weight is 1860 g/mol. The minimum absolute atomic E-state index is 2.92. The summed E-state index contributed by atoms with van der Waals surface area (Å²) in [5.74, 6) is 0. The molecule has 0 aliphatic heterocycles. The molecular weight excluding hydrogens is 1860 g/mol. The summed E-state index contributed by atoms with van der Waals surface area (Å²) in [7, 11) is 0. The highest BCUT2D eigenvalue weighted by atomic mass is 35.6. The molecule has 0 aliphatic rings. The van der Waals surface area contributed by atoms with Gasteiger partial charge in [-0.2, -0.15) is 4.21 Å². The van der Waals surface area contributed by atoms with Crippen molar-refractivity contribution in [2.24, 2.45) is 0 Å². The van der Waals surface area contributed by atoms with Gasteiger partial charge in [0.15, 0.2) is 73.7 Å². The summed E-state index contributed by atoms with van der Waals surface area (Å²) in [5, 5.41) is 0. The molecule has 0 aromatic rings. The van der Waals surface area contributed by atoms with Gasteiger partial charge in [0.05, 0.1) is 0 Å². The topological polar surface area (TPSA) is 46.5 Å². The molecule has 3 nitrogen and oxygen atoms in total. The predicted octanol–water partition coefficient (Wildman–Crippen LogP) is 24.9. The second kappa shape index (κ2) is 24.1. The number of halogens is 43. The van der Waals surface area contributed by atoms with Crippen LogP contribution in [0.25, 0.3) is 0 Å². The SMILES string of the molecule is O=S(O)OC(Cl)(Cl)C(Cl)(Cl)C(Cl)(Cl)C(Cl)(Cl)C(Cl)(Cl)C(Cl)(Cl)C(Cl)(Cl)C(Cl)(Cl)C(Cl)(Cl)C(Cl)(Cl)C(Cl)(Cl)C(Cl)(Cl)C(Cl)(Cl)C(Cl)(Cl)C(Cl)(Cl)C(Cl)(Cl)C(Cl)(Cl)C(Cl)(Cl)C(Cl)(Cl)C(Cl)(Cl)C(Cl)(Cl)Cl. The summed E-state index contributed by atoms with van der Waals surface area (Å²) in [6.45, 7) is 0. The maximum atomic E-state index is 11.4. The van der Waals surface area contributed by atoms with E-state index in [0.29, 0.717) is 0 Å². The Morgan fingerprint density at radius 2 is 0.309 bits per heavy atom. The monoisotopic (exact) mass is 1840 g/mol. The molecule has 0 amide bonds. The van der Waals surface area contributed by atoms with Crippen LogP contribution in [0.2, 0.25) is 0 Å². The number of hydrogen-bond acceptors (Lipinski definition) is 2. The zero-order valence-electron chi connectivity index (χ0n) is 28.4. The van der Waals surface area contributed by atoms with Crippen molar-refractivity contribution in [1.29, 1.82) is 0 Å². The van der Waals surface area contributed by atoms with E-state index < -0.39 is 102 Å². The molecule has 1 atom stereocenters. The van der Waals surface area contributed by atoms with Gasteiger partial charge in [0.2, 0.25) is 12.5 Å². The van der Waals surface area contributed by atoms with Gasteiger partial charge < -0.3 is 0 Å². The molecule has 0 fully saturated rings. The van der Waals surface area contributed by atoms with Gasteiger partial charge >= 0.3 is 11.4 Å². The van der Waals surface area contributed by atoms with Crippen LogP contribution in [0.15, 0.2) is 0 Å². The van der Waals surface area contributed by atoms with Crippen LogP contribution in [-0.4, -0.2) is 99.4 Å². The molecule has 0 aliphatic carbocycles. The average Bonchev–Trinajstić information content (AvgIpc) is 3.08. The molecule has 0 spiro atoms. The van der Waals surface area contributed by atoms with Crippen molar-refractivity contribution in [2.75, 3.05) is 0 Å². The molecule has 47 heteroatoms. The van der Waals surface area contributed by atoms with E-state index in [2.05, 4.69) is 4.18 Å². The zero-order valence-corrected chi connectivity index (χ0v) is 61.7. The van der Waals surface area contributed by atoms with E-state index in [4.69, 9.17) is 499 Å². The maximum Gasteiger partial charge on any atom is 0.304 e. The smallest absolute Gasteiger partial charge is 0.284 e. The second-order valence-corrected chi connectivity index (χ2v) is 41.6. The first-order chi connectivity index (χ1) is 28.4. The van der Waals surface area contributed by atoms with Gasteiger partial charge in [-0.05, 0) is 0 Å². The minimum Gasteiger partial charge on any atom is -0.284 e. The Kier molecular flexibility index (Phi) is 28.6. The Hall–Kier alpha value is 12.5. The highest BCUT2D eigenvalue weighted by molar-refractivity contribution is 7.74. The molecule has 0 aromatic heterocycles. The van der Waals surface area contributed by atoms with Crippen molar-refractivity contribution in [3.8, 4) is 0 Å². The van der Waals surface area contributed by atoms with Crippen LogP contribution in [-0.2, 0) is 15.5 Å². The van der Waals surface area contributed by atoms with E-state index in [1.165, 1.54) is 0 Å². The molecule has 0 aromatic carbocycles. The fraction of sp³-hybridized carbons (Fsp3) is 1.00. The Bertz CT molecular complexity index is 1870. The summed E-state index contributed by atoms with van der Waals surface area (Å²) in [6, 6.07) is 0. The summed E-state index contributed by atoms with van der Waals surface area (Å²) >= 11 is 272. The molecular formula is C21HCl43O3S. The Morgan fingerprint density at radius 1 is 0.206 bits per heavy atom. The van der Waals surface area contributed by atoms with Gasteiger partial charge in [0, 0.05) is 0 Å². The fourth-order valence-corrected chi connectivity index (χ4v) is 19.3. The molecule has 0 heterocycles. The van der Waals surface area contributed by atoms with E-state index in [9.17, 15) is 8.76 Å². The fourth-order valence-electron chi connectivity index (χ4n) is 3.85. The molecule has 410 valence electrons. The molecule has 0 saturated heterocycles. The van der Waals surface area contributed by atoms with E-state index in [-0.39, 0.29) is 0 Å². The first kappa shape index (κ1) is 80.5. The van der Waals surface area contributed by atoms with Crippen LogP contribution in [0.1, 0.15) is 0 Å². The Balaban J connectivity index is 8.05. The molecule has 0 rings (SSSR count). The molecule has 68 heavy (non-hydrogen) atoms. The maximum absolute atomic E-state index is 11.4. The van der Waals surface area contributed by atoms with Crippen molar-refractivity contribution in [3.63, 3.8) is 0 Å². The van der Waals surface area contributed by atoms with Crippen molar-refractivity contribution < 1.29 is 12.9 Å². The van der Waals surface area contributed by atoms with Crippen LogP contribution >= 0.6 is 499 Å². The van der Waals surface area contributed by atoms with Gasteiger partial charge in [-0.25, -0.2) is 4.18 Å². The molecule has 1 unspecified atom stereocenters. The summed E-state index contributed by atoms with van der Waals surface area (Å²) in [4.78, 5) is 0. The summed E-state index contributed by atoms with van der Waals surface area (Å²) in [5.41, 5.74) is 0. The lowest BCUT2D eigenvalue weighted by atomic mass is 9.95. The van der Waals surface area contributed by atoms with Crippen molar-refractivity contribution in [3.05, 3.63) is 0 Å². The molecule has 0 radical (unpaired) electrons. The third-order valence-corrected chi connectivity index (χ3v) is 39.6. The second-order valence-electron chi connectivity index (χ2n) is 12.2. The third kappa shape index (κ3) is 12.1. The lowest BCUT2D eigenvalue weighted by Gasteiger charge is -2.59. The van der Waals surface area contributed by atoms with Crippen LogP contribution in [0.4, 0.5) is 0 Å². The van der Waals surface area contributed by atoms with Crippen LogP contribution in [0.3, 0.4) is 0 Å². The molecule has 1 N–H and O–H groups in total. The quantitative estimate of drug-likeness (QED) is 0.0920. The van der Waals surface area contributed by atoms with Gasteiger partial charge in [0.1, 0.15) is 0 Å². The van der Waals surface area contributed by atoms with E-state index in [1.54, 1.807) is 0 Å². The third-order valence-electron chi connectivity index (χ3n) is 8.00. The summed E-state index contributed by atoms with van der Waals surface area (Å²) in [6.07, 6.45) is 0. The van der Waals surface area contributed by atoms with Gasteiger partial charge in [-0.1, -0.05) is 499 Å². The minimum atomic E-state index is -3.88. The van der Waals surface area contributed by atoms with Crippen molar-refractivity contribution in [2.45, 2.75) is 90.6 Å². The van der Waals surface area contributed by atoms with Crippen LogP contribution < -0.4 is 0 Å². The lowest BCUT2D eigenvalue weighted by molar-refractivity contribution is 0.208. The van der Waals surface area contributed by atoms with E-state index in [1.807, 2.05) is 0 Å². The van der Waals surface area contributed by atoms with Crippen LogP contribution in [0.5, 0.6) is 0 Å². The van der Waals surface area contributed by atoms with Gasteiger partial charge in [-0.15, -0.1) is 0 Å². The largest absolute Gasteiger partial charge is 0.304 e.